The third-order valence-electron chi connectivity index (χ3n) is 3.89. The Bertz CT molecular complexity index is 884. The molecule has 0 radical (unpaired) electrons. The molecule has 154 valence electrons. The molecule has 4 amide bonds. The fraction of sp³-hybridized carbons (Fsp3) is 0.211. The Morgan fingerprint density at radius 1 is 1.03 bits per heavy atom. The topological polar surface area (TPSA) is 132 Å². The lowest BCUT2D eigenvalue weighted by atomic mass is 10.0. The average molecular weight is 465 g/mol. The standard InChI is InChI=1S/C19H21BrN4O5/c1-28-14-7-12(8-15(9-14)29-2)18(26)24-23-17(25)10-16(22-19(21)27)11-4-3-5-13(20)6-11/h3-9,16H,10H2,1-2H3,(H,23,25)(H,24,26)(H3,21,22,27). The highest BCUT2D eigenvalue weighted by Gasteiger charge is 2.19. The van der Waals surface area contributed by atoms with Crippen molar-refractivity contribution in [3.8, 4) is 11.5 Å². The van der Waals surface area contributed by atoms with E-state index in [9.17, 15) is 14.4 Å². The molecule has 0 aliphatic carbocycles. The third-order valence-corrected chi connectivity index (χ3v) is 4.38. The molecule has 29 heavy (non-hydrogen) atoms. The van der Waals surface area contributed by atoms with Gasteiger partial charge in [0.05, 0.1) is 26.7 Å². The quantitative estimate of drug-likeness (QED) is 0.465. The molecule has 0 spiro atoms. The second kappa shape index (κ2) is 10.3. The van der Waals surface area contributed by atoms with Crippen molar-refractivity contribution in [2.24, 2.45) is 5.73 Å². The summed E-state index contributed by atoms with van der Waals surface area (Å²) in [6, 6.07) is 10.3. The lowest BCUT2D eigenvalue weighted by molar-refractivity contribution is -0.122. The minimum atomic E-state index is -0.768. The predicted molar refractivity (Wildman–Crippen MR) is 109 cm³/mol. The molecule has 0 fully saturated rings. The molecule has 0 bridgehead atoms. The number of methoxy groups -OCH3 is 2. The Labute approximate surface area is 176 Å². The molecule has 0 aliphatic rings. The van der Waals surface area contributed by atoms with Gasteiger partial charge < -0.3 is 20.5 Å². The van der Waals surface area contributed by atoms with Gasteiger partial charge in [-0.25, -0.2) is 4.79 Å². The molecular weight excluding hydrogens is 444 g/mol. The van der Waals surface area contributed by atoms with E-state index < -0.39 is 23.9 Å². The summed E-state index contributed by atoms with van der Waals surface area (Å²) >= 11 is 3.34. The number of benzene rings is 2. The molecule has 1 atom stereocenters. The number of hydrogen-bond donors (Lipinski definition) is 4. The minimum Gasteiger partial charge on any atom is -0.497 e. The van der Waals surface area contributed by atoms with Crippen LogP contribution >= 0.6 is 15.9 Å². The first-order chi connectivity index (χ1) is 13.8. The SMILES string of the molecule is COc1cc(OC)cc(C(=O)NNC(=O)CC(NC(N)=O)c2cccc(Br)c2)c1. The van der Waals surface area contributed by atoms with E-state index in [-0.39, 0.29) is 12.0 Å². The molecule has 0 heterocycles. The van der Waals surface area contributed by atoms with Crippen LogP contribution in [0.25, 0.3) is 0 Å². The molecule has 0 saturated heterocycles. The molecule has 0 aromatic heterocycles. The number of urea groups is 1. The number of carbonyl (C=O) groups is 3. The Balaban J connectivity index is 2.03. The van der Waals surface area contributed by atoms with Crippen LogP contribution in [0, 0.1) is 0 Å². The van der Waals surface area contributed by atoms with Crippen molar-refractivity contribution in [1.29, 1.82) is 0 Å². The molecule has 2 aromatic rings. The van der Waals surface area contributed by atoms with Crippen LogP contribution in [0.5, 0.6) is 11.5 Å². The van der Waals surface area contributed by atoms with Gasteiger partial charge in [0.15, 0.2) is 0 Å². The predicted octanol–water partition coefficient (Wildman–Crippen LogP) is 2.03. The van der Waals surface area contributed by atoms with Crippen LogP contribution < -0.4 is 31.4 Å². The van der Waals surface area contributed by atoms with Gasteiger partial charge in [0.25, 0.3) is 5.91 Å². The van der Waals surface area contributed by atoms with Crippen LogP contribution in [-0.2, 0) is 4.79 Å². The van der Waals surface area contributed by atoms with E-state index in [0.29, 0.717) is 17.1 Å². The van der Waals surface area contributed by atoms with Gasteiger partial charge in [0.1, 0.15) is 11.5 Å². The fourth-order valence-electron chi connectivity index (χ4n) is 2.52. The second-order valence-electron chi connectivity index (χ2n) is 5.92. The summed E-state index contributed by atoms with van der Waals surface area (Å²) in [6.45, 7) is 0. The number of hydrogen-bond acceptors (Lipinski definition) is 5. The Morgan fingerprint density at radius 2 is 1.69 bits per heavy atom. The van der Waals surface area contributed by atoms with E-state index >= 15 is 0 Å². The van der Waals surface area contributed by atoms with Gasteiger partial charge >= 0.3 is 6.03 Å². The van der Waals surface area contributed by atoms with E-state index in [1.165, 1.54) is 26.4 Å². The summed E-state index contributed by atoms with van der Waals surface area (Å²) < 4.78 is 11.0. The van der Waals surface area contributed by atoms with Crippen LogP contribution in [0.1, 0.15) is 28.4 Å². The first kappa shape index (κ1) is 22.0. The Morgan fingerprint density at radius 3 is 2.24 bits per heavy atom. The largest absolute Gasteiger partial charge is 0.497 e. The van der Waals surface area contributed by atoms with Crippen molar-refractivity contribution >= 4 is 33.8 Å². The number of hydrazine groups is 1. The number of primary amides is 1. The normalized spacial score (nSPS) is 11.1. The highest BCUT2D eigenvalue weighted by atomic mass is 79.9. The molecule has 10 heteroatoms. The van der Waals surface area contributed by atoms with Crippen LogP contribution in [0.4, 0.5) is 4.79 Å². The van der Waals surface area contributed by atoms with E-state index in [1.807, 2.05) is 6.07 Å². The van der Waals surface area contributed by atoms with Crippen LogP contribution in [0.2, 0.25) is 0 Å². The lowest BCUT2D eigenvalue weighted by Gasteiger charge is -2.18. The number of nitrogens with one attached hydrogen (secondary N) is 3. The van der Waals surface area contributed by atoms with Crippen LogP contribution in [0.3, 0.4) is 0 Å². The highest BCUT2D eigenvalue weighted by molar-refractivity contribution is 9.10. The van der Waals surface area contributed by atoms with Crippen LogP contribution in [-0.4, -0.2) is 32.1 Å². The molecule has 2 rings (SSSR count). The van der Waals surface area contributed by atoms with Crippen molar-refractivity contribution in [1.82, 2.24) is 16.2 Å². The first-order valence-electron chi connectivity index (χ1n) is 8.46. The Kier molecular flexibility index (Phi) is 7.84. The first-order valence-corrected chi connectivity index (χ1v) is 9.25. The van der Waals surface area contributed by atoms with Crippen molar-refractivity contribution < 1.29 is 23.9 Å². The zero-order chi connectivity index (χ0) is 21.4. The second-order valence-corrected chi connectivity index (χ2v) is 6.84. The average Bonchev–Trinajstić information content (AvgIpc) is 2.70. The number of halogens is 1. The number of amides is 4. The maximum Gasteiger partial charge on any atom is 0.312 e. The summed E-state index contributed by atoms with van der Waals surface area (Å²) in [7, 11) is 2.93. The van der Waals surface area contributed by atoms with E-state index in [4.69, 9.17) is 15.2 Å². The van der Waals surface area contributed by atoms with Gasteiger partial charge in [-0.15, -0.1) is 0 Å². The summed E-state index contributed by atoms with van der Waals surface area (Å²) in [5, 5.41) is 2.52. The maximum absolute atomic E-state index is 12.3. The number of rotatable bonds is 7. The van der Waals surface area contributed by atoms with Crippen molar-refractivity contribution in [3.63, 3.8) is 0 Å². The summed E-state index contributed by atoms with van der Waals surface area (Å²) in [4.78, 5) is 35.9. The zero-order valence-electron chi connectivity index (χ0n) is 15.8. The maximum atomic E-state index is 12.3. The molecule has 0 aliphatic heterocycles. The highest BCUT2D eigenvalue weighted by Crippen LogP contribution is 2.23. The summed E-state index contributed by atoms with van der Waals surface area (Å²) in [6.07, 6.45) is -0.138. The molecule has 0 saturated carbocycles. The molecular formula is C19H21BrN4O5. The monoisotopic (exact) mass is 464 g/mol. The smallest absolute Gasteiger partial charge is 0.312 e. The van der Waals surface area contributed by atoms with Crippen LogP contribution in [0.15, 0.2) is 46.9 Å². The summed E-state index contributed by atoms with van der Waals surface area (Å²) in [5.41, 5.74) is 10.8. The fourth-order valence-corrected chi connectivity index (χ4v) is 2.94. The molecule has 1 unspecified atom stereocenters. The number of ether oxygens (including phenoxy) is 2. The van der Waals surface area contributed by atoms with Gasteiger partial charge in [0, 0.05) is 16.1 Å². The van der Waals surface area contributed by atoms with Crippen molar-refractivity contribution in [2.45, 2.75) is 12.5 Å². The van der Waals surface area contributed by atoms with Gasteiger partial charge in [0.2, 0.25) is 5.91 Å². The summed E-state index contributed by atoms with van der Waals surface area (Å²) in [5.74, 6) is -0.216. The van der Waals surface area contributed by atoms with Gasteiger partial charge in [-0.3, -0.25) is 20.4 Å². The zero-order valence-corrected chi connectivity index (χ0v) is 17.4. The lowest BCUT2D eigenvalue weighted by Crippen LogP contribution is -2.44. The number of nitrogens with two attached hydrogens (primary N) is 1. The number of carbonyl (C=O) groups excluding carboxylic acids is 3. The van der Waals surface area contributed by atoms with Gasteiger partial charge in [-0.1, -0.05) is 28.1 Å². The van der Waals surface area contributed by atoms with E-state index in [0.717, 1.165) is 4.47 Å². The van der Waals surface area contributed by atoms with E-state index in [2.05, 4.69) is 32.1 Å². The van der Waals surface area contributed by atoms with Gasteiger partial charge in [-0.2, -0.15) is 0 Å². The molecule has 2 aromatic carbocycles. The molecule has 5 N–H and O–H groups in total. The van der Waals surface area contributed by atoms with E-state index in [1.54, 1.807) is 24.3 Å². The third kappa shape index (κ3) is 6.68. The van der Waals surface area contributed by atoms with Crippen molar-refractivity contribution in [3.05, 3.63) is 58.1 Å². The molecule has 9 nitrogen and oxygen atoms in total. The van der Waals surface area contributed by atoms with Crippen molar-refractivity contribution in [2.75, 3.05) is 14.2 Å². The Hall–Kier alpha value is -3.27. The van der Waals surface area contributed by atoms with Gasteiger partial charge in [-0.05, 0) is 29.8 Å². The minimum absolute atomic E-state index is 0.138.